The number of aromatic nitrogens is 2. The second-order valence-electron chi connectivity index (χ2n) is 4.48. The summed E-state index contributed by atoms with van der Waals surface area (Å²) in [7, 11) is 1.93. The highest BCUT2D eigenvalue weighted by Crippen LogP contribution is 2.31. The maximum atomic E-state index is 11.6. The van der Waals surface area contributed by atoms with Crippen molar-refractivity contribution in [2.75, 3.05) is 12.3 Å². The molecule has 106 valence electrons. The van der Waals surface area contributed by atoms with Crippen LogP contribution >= 0.6 is 15.9 Å². The van der Waals surface area contributed by atoms with Gasteiger partial charge in [-0.25, -0.2) is 4.98 Å². The Morgan fingerprint density at radius 3 is 2.85 bits per heavy atom. The van der Waals surface area contributed by atoms with Crippen LogP contribution in [0.25, 0.3) is 0 Å². The zero-order valence-corrected chi connectivity index (χ0v) is 13.0. The van der Waals surface area contributed by atoms with Crippen molar-refractivity contribution in [1.82, 2.24) is 9.55 Å². The molecule has 6 heteroatoms. The average Bonchev–Trinajstić information content (AvgIpc) is 2.77. The molecule has 1 heterocycles. The molecule has 0 saturated heterocycles. The molecule has 1 aromatic carbocycles. The van der Waals surface area contributed by atoms with Gasteiger partial charge in [0.2, 0.25) is 0 Å². The zero-order chi connectivity index (χ0) is 14.7. The van der Waals surface area contributed by atoms with Gasteiger partial charge in [-0.1, -0.05) is 15.9 Å². The summed E-state index contributed by atoms with van der Waals surface area (Å²) in [6.07, 6.45) is 4.27. The molecule has 2 N–H and O–H groups in total. The third-order valence-electron chi connectivity index (χ3n) is 2.95. The van der Waals surface area contributed by atoms with Crippen LogP contribution in [0.3, 0.4) is 0 Å². The highest BCUT2D eigenvalue weighted by Gasteiger charge is 2.14. The molecule has 0 spiro atoms. The summed E-state index contributed by atoms with van der Waals surface area (Å²) in [6.45, 7) is 1.91. The van der Waals surface area contributed by atoms with Crippen LogP contribution in [0, 0.1) is 0 Å². The Bertz CT molecular complexity index is 637. The highest BCUT2D eigenvalue weighted by molar-refractivity contribution is 9.10. The van der Waals surface area contributed by atoms with Crippen LogP contribution < -0.4 is 10.5 Å². The van der Waals surface area contributed by atoms with E-state index in [1.165, 1.54) is 6.92 Å². The topological polar surface area (TPSA) is 70.1 Å². The van der Waals surface area contributed by atoms with Gasteiger partial charge in [-0.2, -0.15) is 0 Å². The number of ether oxygens (including phenoxy) is 1. The number of aryl methyl sites for hydroxylation is 1. The smallest absolute Gasteiger partial charge is 0.163 e. The number of nitrogen functional groups attached to an aromatic ring is 1. The molecule has 0 radical (unpaired) electrons. The predicted octanol–water partition coefficient (Wildman–Crippen LogP) is 2.59. The molecule has 0 aliphatic carbocycles. The second-order valence-corrected chi connectivity index (χ2v) is 5.40. The molecule has 2 aromatic rings. The van der Waals surface area contributed by atoms with Crippen molar-refractivity contribution in [2.24, 2.45) is 7.05 Å². The normalized spacial score (nSPS) is 10.6. The van der Waals surface area contributed by atoms with E-state index in [0.717, 1.165) is 10.3 Å². The van der Waals surface area contributed by atoms with E-state index in [1.807, 2.05) is 17.8 Å². The molecule has 2 rings (SSSR count). The lowest BCUT2D eigenvalue weighted by Crippen LogP contribution is -2.10. The average molecular weight is 338 g/mol. The van der Waals surface area contributed by atoms with Gasteiger partial charge in [0, 0.05) is 30.3 Å². The summed E-state index contributed by atoms with van der Waals surface area (Å²) < 4.78 is 8.38. The zero-order valence-electron chi connectivity index (χ0n) is 11.4. The van der Waals surface area contributed by atoms with Gasteiger partial charge in [0.15, 0.2) is 11.5 Å². The van der Waals surface area contributed by atoms with Crippen LogP contribution in [0.15, 0.2) is 29.0 Å². The Labute approximate surface area is 125 Å². The summed E-state index contributed by atoms with van der Waals surface area (Å²) >= 11 is 3.32. The lowest BCUT2D eigenvalue weighted by molar-refractivity contribution is 0.101. The number of hydrogen-bond acceptors (Lipinski definition) is 4. The number of anilines is 1. The fourth-order valence-corrected chi connectivity index (χ4v) is 2.39. The van der Waals surface area contributed by atoms with Crippen molar-refractivity contribution in [2.45, 2.75) is 13.3 Å². The van der Waals surface area contributed by atoms with Crippen molar-refractivity contribution >= 4 is 27.4 Å². The molecule has 0 fully saturated rings. The first-order chi connectivity index (χ1) is 9.49. The summed E-state index contributed by atoms with van der Waals surface area (Å²) in [5, 5.41) is 0. The van der Waals surface area contributed by atoms with Crippen molar-refractivity contribution in [3.05, 3.63) is 40.4 Å². The Morgan fingerprint density at radius 2 is 2.25 bits per heavy atom. The standard InChI is InChI=1S/C14H16BrN3O2/c1-9(19)11-7-10(15)8-12(16)14(11)20-6-3-13-17-4-5-18(13)2/h4-5,7-8H,3,6,16H2,1-2H3. The number of nitrogens with two attached hydrogens (primary N) is 1. The quantitative estimate of drug-likeness (QED) is 0.672. The van der Waals surface area contributed by atoms with Gasteiger partial charge in [-0.15, -0.1) is 0 Å². The van der Waals surface area contributed by atoms with E-state index in [2.05, 4.69) is 20.9 Å². The molecule has 1 aromatic heterocycles. The van der Waals surface area contributed by atoms with Crippen molar-refractivity contribution < 1.29 is 9.53 Å². The fraction of sp³-hybridized carbons (Fsp3) is 0.286. The molecule has 0 bridgehead atoms. The number of rotatable bonds is 5. The molecule has 0 aliphatic heterocycles. The minimum Gasteiger partial charge on any atom is -0.490 e. The van der Waals surface area contributed by atoms with E-state index in [1.54, 1.807) is 18.3 Å². The monoisotopic (exact) mass is 337 g/mol. The number of ketones is 1. The number of benzene rings is 1. The fourth-order valence-electron chi connectivity index (χ4n) is 1.92. The van der Waals surface area contributed by atoms with Crippen molar-refractivity contribution in [1.29, 1.82) is 0 Å². The first-order valence-corrected chi connectivity index (χ1v) is 6.97. The third kappa shape index (κ3) is 3.19. The van der Waals surface area contributed by atoms with E-state index < -0.39 is 0 Å². The van der Waals surface area contributed by atoms with Gasteiger partial charge in [0.25, 0.3) is 0 Å². The SMILES string of the molecule is CC(=O)c1cc(Br)cc(N)c1OCCc1nccn1C. The largest absolute Gasteiger partial charge is 0.490 e. The van der Waals surface area contributed by atoms with E-state index in [4.69, 9.17) is 10.5 Å². The Morgan fingerprint density at radius 1 is 1.50 bits per heavy atom. The van der Waals surface area contributed by atoms with Gasteiger partial charge in [0.05, 0.1) is 17.9 Å². The van der Waals surface area contributed by atoms with Gasteiger partial charge >= 0.3 is 0 Å². The minimum absolute atomic E-state index is 0.0787. The third-order valence-corrected chi connectivity index (χ3v) is 3.41. The van der Waals surface area contributed by atoms with E-state index >= 15 is 0 Å². The molecule has 0 aliphatic rings. The number of Topliss-reactive ketones (excluding diaryl/α,β-unsaturated/α-hetero) is 1. The first kappa shape index (κ1) is 14.6. The number of carbonyl (C=O) groups excluding carboxylic acids is 1. The molecule has 5 nitrogen and oxygen atoms in total. The highest BCUT2D eigenvalue weighted by atomic mass is 79.9. The lowest BCUT2D eigenvalue weighted by Gasteiger charge is -2.13. The second kappa shape index (κ2) is 6.09. The van der Waals surface area contributed by atoms with E-state index in [9.17, 15) is 4.79 Å². The molecular weight excluding hydrogens is 322 g/mol. The molecule has 0 saturated carbocycles. The lowest BCUT2D eigenvalue weighted by atomic mass is 10.1. The van der Waals surface area contributed by atoms with Crippen LogP contribution in [0.4, 0.5) is 5.69 Å². The Balaban J connectivity index is 2.13. The Kier molecular flexibility index (Phi) is 4.44. The maximum absolute atomic E-state index is 11.6. The number of halogens is 1. The molecule has 0 amide bonds. The maximum Gasteiger partial charge on any atom is 0.163 e. The van der Waals surface area contributed by atoms with Crippen LogP contribution in [-0.4, -0.2) is 21.9 Å². The molecular formula is C14H16BrN3O2. The summed E-state index contributed by atoms with van der Waals surface area (Å²) in [4.78, 5) is 15.9. The van der Waals surface area contributed by atoms with Crippen LogP contribution in [0.2, 0.25) is 0 Å². The van der Waals surface area contributed by atoms with Crippen LogP contribution in [0.1, 0.15) is 23.1 Å². The predicted molar refractivity (Wildman–Crippen MR) is 81.0 cm³/mol. The van der Waals surface area contributed by atoms with Crippen molar-refractivity contribution in [3.8, 4) is 5.75 Å². The van der Waals surface area contributed by atoms with E-state index in [0.29, 0.717) is 30.0 Å². The molecule has 0 unspecified atom stereocenters. The van der Waals surface area contributed by atoms with Gasteiger partial charge in [-0.05, 0) is 19.1 Å². The number of hydrogen-bond donors (Lipinski definition) is 1. The summed E-state index contributed by atoms with van der Waals surface area (Å²) in [5.74, 6) is 1.28. The number of imidazole rings is 1. The van der Waals surface area contributed by atoms with Crippen LogP contribution in [0.5, 0.6) is 5.75 Å². The number of nitrogens with zero attached hydrogens (tertiary/aromatic N) is 2. The van der Waals surface area contributed by atoms with Crippen LogP contribution in [-0.2, 0) is 13.5 Å². The first-order valence-electron chi connectivity index (χ1n) is 6.18. The summed E-state index contributed by atoms with van der Waals surface area (Å²) in [6, 6.07) is 3.44. The van der Waals surface area contributed by atoms with Crippen molar-refractivity contribution in [3.63, 3.8) is 0 Å². The van der Waals surface area contributed by atoms with E-state index in [-0.39, 0.29) is 5.78 Å². The van der Waals surface area contributed by atoms with Gasteiger partial charge in [-0.3, -0.25) is 4.79 Å². The number of carbonyl (C=O) groups is 1. The molecule has 0 atom stereocenters. The minimum atomic E-state index is -0.0787. The molecule has 20 heavy (non-hydrogen) atoms. The Hall–Kier alpha value is -1.82. The van der Waals surface area contributed by atoms with Gasteiger partial charge < -0.3 is 15.0 Å². The summed E-state index contributed by atoms with van der Waals surface area (Å²) in [5.41, 5.74) is 6.85. The van der Waals surface area contributed by atoms with Gasteiger partial charge in [0.1, 0.15) is 5.82 Å².